The van der Waals surface area contributed by atoms with Gasteiger partial charge in [-0.1, -0.05) is 30.4 Å². The van der Waals surface area contributed by atoms with Crippen molar-refractivity contribution < 1.29 is 9.59 Å². The number of halogens is 1. The van der Waals surface area contributed by atoms with Gasteiger partial charge in [0.2, 0.25) is 11.0 Å². The number of benzene rings is 1. The zero-order valence-electron chi connectivity index (χ0n) is 13.9. The Balaban J connectivity index is 2.07. The first-order valence-electron chi connectivity index (χ1n) is 7.72. The molecule has 1 atom stereocenters. The van der Waals surface area contributed by atoms with E-state index in [1.165, 1.54) is 11.3 Å². The number of anilines is 1. The molecule has 0 aliphatic heterocycles. The Morgan fingerprint density at radius 2 is 2.08 bits per heavy atom. The number of aryl methyl sites for hydroxylation is 1. The summed E-state index contributed by atoms with van der Waals surface area (Å²) in [5.41, 5.74) is 0.494. The molecule has 9 heteroatoms. The van der Waals surface area contributed by atoms with E-state index in [0.717, 1.165) is 17.2 Å². The number of hydrogen-bond donors (Lipinski definition) is 2. The molecule has 2 rings (SSSR count). The van der Waals surface area contributed by atoms with Crippen LogP contribution in [0.15, 0.2) is 28.7 Å². The van der Waals surface area contributed by atoms with Crippen LogP contribution in [0.3, 0.4) is 0 Å². The molecule has 134 valence electrons. The van der Waals surface area contributed by atoms with E-state index in [2.05, 4.69) is 36.8 Å². The molecule has 0 spiro atoms. The average Bonchev–Trinajstić information content (AvgIpc) is 3.06. The van der Waals surface area contributed by atoms with Crippen LogP contribution in [-0.4, -0.2) is 40.1 Å². The second kappa shape index (κ2) is 9.88. The molecule has 0 bridgehead atoms. The fourth-order valence-electron chi connectivity index (χ4n) is 2.03. The third-order valence-corrected chi connectivity index (χ3v) is 5.67. The summed E-state index contributed by atoms with van der Waals surface area (Å²) in [5, 5.41) is 14.8. The Kier molecular flexibility index (Phi) is 7.86. The van der Waals surface area contributed by atoms with E-state index in [1.54, 1.807) is 30.0 Å². The van der Waals surface area contributed by atoms with E-state index >= 15 is 0 Å². The molecule has 0 aliphatic rings. The van der Waals surface area contributed by atoms with Crippen molar-refractivity contribution >= 4 is 56.0 Å². The van der Waals surface area contributed by atoms with Crippen LogP contribution < -0.4 is 10.6 Å². The first-order chi connectivity index (χ1) is 12.0. The number of hydrogen-bond acceptors (Lipinski definition) is 6. The summed E-state index contributed by atoms with van der Waals surface area (Å²) in [7, 11) is 0. The molecule has 0 fully saturated rings. The van der Waals surface area contributed by atoms with Gasteiger partial charge < -0.3 is 5.32 Å². The predicted octanol–water partition coefficient (Wildman–Crippen LogP) is 3.35. The van der Waals surface area contributed by atoms with Crippen molar-refractivity contribution in [3.05, 3.63) is 39.3 Å². The Bertz CT molecular complexity index is 738. The molecule has 2 N–H and O–H groups in total. The van der Waals surface area contributed by atoms with Gasteiger partial charge >= 0.3 is 0 Å². The van der Waals surface area contributed by atoms with E-state index < -0.39 is 6.04 Å². The highest BCUT2D eigenvalue weighted by atomic mass is 79.9. The van der Waals surface area contributed by atoms with Crippen LogP contribution in [0, 0.1) is 0 Å². The number of rotatable bonds is 8. The van der Waals surface area contributed by atoms with Crippen molar-refractivity contribution in [3.8, 4) is 0 Å². The molecule has 1 aromatic heterocycles. The van der Waals surface area contributed by atoms with Gasteiger partial charge in [-0.25, -0.2) is 0 Å². The molecule has 1 unspecified atom stereocenters. The van der Waals surface area contributed by atoms with Crippen molar-refractivity contribution in [1.82, 2.24) is 15.5 Å². The van der Waals surface area contributed by atoms with E-state index in [1.807, 2.05) is 19.2 Å². The molecule has 25 heavy (non-hydrogen) atoms. The lowest BCUT2D eigenvalue weighted by molar-refractivity contribution is -0.118. The summed E-state index contributed by atoms with van der Waals surface area (Å²) in [6.07, 6.45) is 3.26. The molecule has 0 saturated heterocycles. The average molecular weight is 443 g/mol. The van der Waals surface area contributed by atoms with Gasteiger partial charge in [-0.3, -0.25) is 14.9 Å². The Labute approximate surface area is 163 Å². The normalized spacial score (nSPS) is 11.8. The second-order valence-corrected chi connectivity index (χ2v) is 8.03. The molecular formula is C16H19BrN4O2S2. The quantitative estimate of drug-likeness (QED) is 0.654. The van der Waals surface area contributed by atoms with Crippen LogP contribution in [0.25, 0.3) is 0 Å². The van der Waals surface area contributed by atoms with Crippen LogP contribution in [0.2, 0.25) is 0 Å². The maximum atomic E-state index is 12.6. The van der Waals surface area contributed by atoms with Crippen LogP contribution >= 0.6 is 39.0 Å². The van der Waals surface area contributed by atoms with Crippen molar-refractivity contribution in [2.24, 2.45) is 0 Å². The number of amides is 2. The largest absolute Gasteiger partial charge is 0.340 e. The van der Waals surface area contributed by atoms with Crippen molar-refractivity contribution in [3.63, 3.8) is 0 Å². The molecule has 1 heterocycles. The van der Waals surface area contributed by atoms with E-state index in [0.29, 0.717) is 21.6 Å². The third-order valence-electron chi connectivity index (χ3n) is 3.35. The van der Waals surface area contributed by atoms with Gasteiger partial charge in [0.15, 0.2) is 0 Å². The summed E-state index contributed by atoms with van der Waals surface area (Å²) >= 11 is 6.32. The molecule has 2 amide bonds. The van der Waals surface area contributed by atoms with Gasteiger partial charge in [-0.15, -0.1) is 10.2 Å². The third kappa shape index (κ3) is 5.79. The van der Waals surface area contributed by atoms with Gasteiger partial charge in [0.05, 0.1) is 5.56 Å². The van der Waals surface area contributed by atoms with Gasteiger partial charge in [0.1, 0.15) is 11.0 Å². The summed E-state index contributed by atoms with van der Waals surface area (Å²) in [6, 6.07) is 6.48. The lowest BCUT2D eigenvalue weighted by Crippen LogP contribution is -2.44. The maximum Gasteiger partial charge on any atom is 0.253 e. The summed E-state index contributed by atoms with van der Waals surface area (Å²) in [5.74, 6) is 0.179. The lowest BCUT2D eigenvalue weighted by Gasteiger charge is -2.17. The lowest BCUT2D eigenvalue weighted by atomic mass is 10.1. The molecule has 0 saturated carbocycles. The maximum absolute atomic E-state index is 12.6. The first-order valence-corrected chi connectivity index (χ1v) is 10.7. The Hall–Kier alpha value is -1.45. The molecule has 1 aromatic carbocycles. The van der Waals surface area contributed by atoms with Gasteiger partial charge in [0, 0.05) is 4.47 Å². The van der Waals surface area contributed by atoms with E-state index in [9.17, 15) is 9.59 Å². The molecule has 6 nitrogen and oxygen atoms in total. The van der Waals surface area contributed by atoms with Crippen LogP contribution in [0.5, 0.6) is 0 Å². The number of nitrogens with one attached hydrogen (secondary N) is 2. The van der Waals surface area contributed by atoms with Crippen LogP contribution in [0.4, 0.5) is 5.13 Å². The summed E-state index contributed by atoms with van der Waals surface area (Å²) < 4.78 is 0.688. The Morgan fingerprint density at radius 3 is 2.72 bits per heavy atom. The number of carbonyl (C=O) groups excluding carboxylic acids is 2. The van der Waals surface area contributed by atoms with Gasteiger partial charge in [-0.2, -0.15) is 11.8 Å². The SMILES string of the molecule is CCc1nnc(NC(=O)C(CCSC)NC(=O)c2ccccc2Br)s1. The molecular weight excluding hydrogens is 424 g/mol. The number of thioether (sulfide) groups is 1. The van der Waals surface area contributed by atoms with Crippen molar-refractivity contribution in [1.29, 1.82) is 0 Å². The summed E-state index contributed by atoms with van der Waals surface area (Å²) in [6.45, 7) is 1.98. The highest BCUT2D eigenvalue weighted by Crippen LogP contribution is 2.18. The highest BCUT2D eigenvalue weighted by molar-refractivity contribution is 9.10. The molecule has 0 aliphatic carbocycles. The van der Waals surface area contributed by atoms with Gasteiger partial charge in [0.25, 0.3) is 5.91 Å². The second-order valence-electron chi connectivity index (χ2n) is 5.13. The highest BCUT2D eigenvalue weighted by Gasteiger charge is 2.23. The molecule has 0 radical (unpaired) electrons. The van der Waals surface area contributed by atoms with Crippen LogP contribution in [0.1, 0.15) is 28.7 Å². The minimum absolute atomic E-state index is 0.284. The summed E-state index contributed by atoms with van der Waals surface area (Å²) in [4.78, 5) is 25.1. The zero-order valence-corrected chi connectivity index (χ0v) is 17.1. The number of nitrogens with zero attached hydrogens (tertiary/aromatic N) is 2. The minimum atomic E-state index is -0.638. The van der Waals surface area contributed by atoms with Crippen LogP contribution in [-0.2, 0) is 11.2 Å². The predicted molar refractivity (Wildman–Crippen MR) is 106 cm³/mol. The number of aromatic nitrogens is 2. The first kappa shape index (κ1) is 19.9. The minimum Gasteiger partial charge on any atom is -0.340 e. The topological polar surface area (TPSA) is 84.0 Å². The Morgan fingerprint density at radius 1 is 1.32 bits per heavy atom. The number of carbonyl (C=O) groups is 2. The molecule has 2 aromatic rings. The van der Waals surface area contributed by atoms with Crippen molar-refractivity contribution in [2.45, 2.75) is 25.8 Å². The van der Waals surface area contributed by atoms with E-state index in [4.69, 9.17) is 0 Å². The van der Waals surface area contributed by atoms with Gasteiger partial charge in [-0.05, 0) is 52.9 Å². The zero-order chi connectivity index (χ0) is 18.2. The smallest absolute Gasteiger partial charge is 0.253 e. The fraction of sp³-hybridized carbons (Fsp3) is 0.375. The standard InChI is InChI=1S/C16H19BrN4O2S2/c1-3-13-20-21-16(25-13)19-15(23)12(8-9-24-2)18-14(22)10-6-4-5-7-11(10)17/h4-7,12H,3,8-9H2,1-2H3,(H,18,22)(H,19,21,23). The monoisotopic (exact) mass is 442 g/mol. The fourth-order valence-corrected chi connectivity index (χ4v) is 3.64. The van der Waals surface area contributed by atoms with Crippen molar-refractivity contribution in [2.75, 3.05) is 17.3 Å². The van der Waals surface area contributed by atoms with E-state index in [-0.39, 0.29) is 11.8 Å².